The van der Waals surface area contributed by atoms with E-state index in [2.05, 4.69) is 5.32 Å². The van der Waals surface area contributed by atoms with Gasteiger partial charge in [-0.15, -0.1) is 0 Å². The monoisotopic (exact) mass is 298 g/mol. The number of amides is 2. The highest BCUT2D eigenvalue weighted by atomic mass is 35.5. The fraction of sp³-hybridized carbons (Fsp3) is 0.429. The highest BCUT2D eigenvalue weighted by Gasteiger charge is 2.15. The zero-order chi connectivity index (χ0) is 15.1. The van der Waals surface area contributed by atoms with Crippen molar-refractivity contribution in [1.29, 1.82) is 0 Å². The summed E-state index contributed by atoms with van der Waals surface area (Å²) in [5.74, 6) is -0.0967. The standard InChI is InChI=1S/C14H19ClN2O3/c1-4-17(5-2)13(18)9-16-14(19)11-7-6-10(15)8-12(11)20-3/h6-8H,4-5,9H2,1-3H3,(H,16,19). The number of rotatable bonds is 6. The molecule has 1 aromatic carbocycles. The Hall–Kier alpha value is -1.75. The first-order chi connectivity index (χ1) is 9.53. The summed E-state index contributed by atoms with van der Waals surface area (Å²) in [5.41, 5.74) is 0.351. The quantitative estimate of drug-likeness (QED) is 0.873. The molecular formula is C14H19ClN2O3. The van der Waals surface area contributed by atoms with Crippen molar-refractivity contribution >= 4 is 23.4 Å². The third kappa shape index (κ3) is 4.13. The number of benzene rings is 1. The largest absolute Gasteiger partial charge is 0.496 e. The Bertz CT molecular complexity index is 487. The van der Waals surface area contributed by atoms with Gasteiger partial charge in [0, 0.05) is 18.1 Å². The van der Waals surface area contributed by atoms with Crippen molar-refractivity contribution in [2.24, 2.45) is 0 Å². The van der Waals surface area contributed by atoms with Gasteiger partial charge in [-0.05, 0) is 32.0 Å². The lowest BCUT2D eigenvalue weighted by molar-refractivity contribution is -0.129. The van der Waals surface area contributed by atoms with Gasteiger partial charge in [0.05, 0.1) is 19.2 Å². The van der Waals surface area contributed by atoms with Crippen LogP contribution in [0.4, 0.5) is 0 Å². The molecule has 6 heteroatoms. The molecular weight excluding hydrogens is 280 g/mol. The zero-order valence-corrected chi connectivity index (χ0v) is 12.7. The number of nitrogens with one attached hydrogen (secondary N) is 1. The van der Waals surface area contributed by atoms with Crippen LogP contribution in [-0.2, 0) is 4.79 Å². The highest BCUT2D eigenvalue weighted by molar-refractivity contribution is 6.30. The molecule has 0 radical (unpaired) electrons. The summed E-state index contributed by atoms with van der Waals surface area (Å²) in [6.45, 7) is 4.99. The van der Waals surface area contributed by atoms with Crippen molar-refractivity contribution in [3.63, 3.8) is 0 Å². The number of ether oxygens (including phenoxy) is 1. The van der Waals surface area contributed by atoms with Crippen LogP contribution in [0.1, 0.15) is 24.2 Å². The minimum Gasteiger partial charge on any atom is -0.496 e. The van der Waals surface area contributed by atoms with Gasteiger partial charge < -0.3 is 15.0 Å². The average Bonchev–Trinajstić information content (AvgIpc) is 2.45. The maximum absolute atomic E-state index is 12.0. The van der Waals surface area contributed by atoms with E-state index in [0.717, 1.165) is 0 Å². The number of carbonyl (C=O) groups excluding carboxylic acids is 2. The molecule has 0 bridgehead atoms. The molecule has 0 aliphatic carbocycles. The molecule has 1 aromatic rings. The molecule has 0 atom stereocenters. The second-order valence-corrected chi connectivity index (χ2v) is 4.53. The summed E-state index contributed by atoms with van der Waals surface area (Å²) in [6.07, 6.45) is 0. The minimum absolute atomic E-state index is 0.0354. The summed E-state index contributed by atoms with van der Waals surface area (Å²) < 4.78 is 5.10. The van der Waals surface area contributed by atoms with Crippen LogP contribution in [0, 0.1) is 0 Å². The van der Waals surface area contributed by atoms with E-state index in [1.807, 2.05) is 13.8 Å². The Labute approximate surface area is 123 Å². The van der Waals surface area contributed by atoms with E-state index >= 15 is 0 Å². The van der Waals surface area contributed by atoms with Gasteiger partial charge in [-0.3, -0.25) is 9.59 Å². The van der Waals surface area contributed by atoms with Crippen LogP contribution in [-0.4, -0.2) is 43.5 Å². The Morgan fingerprint density at radius 1 is 1.30 bits per heavy atom. The number of methoxy groups -OCH3 is 1. The molecule has 0 spiro atoms. The van der Waals surface area contributed by atoms with Crippen molar-refractivity contribution in [3.8, 4) is 5.75 Å². The van der Waals surface area contributed by atoms with Crippen molar-refractivity contribution in [2.45, 2.75) is 13.8 Å². The van der Waals surface area contributed by atoms with Crippen molar-refractivity contribution in [1.82, 2.24) is 10.2 Å². The van der Waals surface area contributed by atoms with Crippen LogP contribution in [0.25, 0.3) is 0 Å². The van der Waals surface area contributed by atoms with Gasteiger partial charge in [0.2, 0.25) is 5.91 Å². The molecule has 5 nitrogen and oxygen atoms in total. The maximum atomic E-state index is 12.0. The van der Waals surface area contributed by atoms with Crippen molar-refractivity contribution in [2.75, 3.05) is 26.7 Å². The highest BCUT2D eigenvalue weighted by Crippen LogP contribution is 2.22. The van der Waals surface area contributed by atoms with Crippen LogP contribution in [0.15, 0.2) is 18.2 Å². The Morgan fingerprint density at radius 3 is 2.50 bits per heavy atom. The van der Waals surface area contributed by atoms with E-state index in [4.69, 9.17) is 16.3 Å². The van der Waals surface area contributed by atoms with Gasteiger partial charge >= 0.3 is 0 Å². The summed E-state index contributed by atoms with van der Waals surface area (Å²) in [6, 6.07) is 4.73. The van der Waals surface area contributed by atoms with Crippen LogP contribution >= 0.6 is 11.6 Å². The summed E-state index contributed by atoms with van der Waals surface area (Å²) in [7, 11) is 1.46. The average molecular weight is 299 g/mol. The number of nitrogens with zero attached hydrogens (tertiary/aromatic N) is 1. The van der Waals surface area contributed by atoms with E-state index in [1.54, 1.807) is 23.1 Å². The molecule has 1 rings (SSSR count). The minimum atomic E-state index is -0.362. The maximum Gasteiger partial charge on any atom is 0.255 e. The normalized spacial score (nSPS) is 10.0. The second-order valence-electron chi connectivity index (χ2n) is 4.09. The van der Waals surface area contributed by atoms with Crippen LogP contribution < -0.4 is 10.1 Å². The molecule has 0 aliphatic heterocycles. The van der Waals surface area contributed by atoms with Gasteiger partial charge in [-0.25, -0.2) is 0 Å². The number of halogens is 1. The Kier molecular flexibility index (Phi) is 6.31. The lowest BCUT2D eigenvalue weighted by atomic mass is 10.2. The topological polar surface area (TPSA) is 58.6 Å². The number of hydrogen-bond donors (Lipinski definition) is 1. The van der Waals surface area contributed by atoms with Gasteiger partial charge in [-0.2, -0.15) is 0 Å². The van der Waals surface area contributed by atoms with E-state index in [1.165, 1.54) is 7.11 Å². The lowest BCUT2D eigenvalue weighted by Crippen LogP contribution is -2.40. The molecule has 110 valence electrons. The lowest BCUT2D eigenvalue weighted by Gasteiger charge is -2.18. The third-order valence-corrected chi connectivity index (χ3v) is 3.16. The zero-order valence-electron chi connectivity index (χ0n) is 11.9. The Balaban J connectivity index is 2.70. The number of likely N-dealkylation sites (N-methyl/N-ethyl adjacent to an activating group) is 1. The molecule has 0 fully saturated rings. The predicted octanol–water partition coefficient (Wildman–Crippen LogP) is 1.95. The van der Waals surface area contributed by atoms with Crippen LogP contribution in [0.3, 0.4) is 0 Å². The second kappa shape index (κ2) is 7.75. The summed E-state index contributed by atoms with van der Waals surface area (Å²) >= 11 is 5.83. The van der Waals surface area contributed by atoms with E-state index in [-0.39, 0.29) is 18.4 Å². The number of hydrogen-bond acceptors (Lipinski definition) is 3. The molecule has 0 aliphatic rings. The van der Waals surface area contributed by atoms with E-state index < -0.39 is 0 Å². The molecule has 0 unspecified atom stereocenters. The fourth-order valence-electron chi connectivity index (χ4n) is 1.79. The molecule has 2 amide bonds. The first-order valence-electron chi connectivity index (χ1n) is 6.43. The fourth-order valence-corrected chi connectivity index (χ4v) is 1.95. The van der Waals surface area contributed by atoms with E-state index in [0.29, 0.717) is 29.4 Å². The third-order valence-electron chi connectivity index (χ3n) is 2.92. The van der Waals surface area contributed by atoms with Crippen molar-refractivity contribution in [3.05, 3.63) is 28.8 Å². The Morgan fingerprint density at radius 2 is 1.95 bits per heavy atom. The molecule has 0 saturated heterocycles. The molecule has 0 saturated carbocycles. The predicted molar refractivity (Wildman–Crippen MR) is 78.3 cm³/mol. The van der Waals surface area contributed by atoms with Crippen molar-refractivity contribution < 1.29 is 14.3 Å². The van der Waals surface area contributed by atoms with Gasteiger partial charge in [0.1, 0.15) is 5.75 Å². The van der Waals surface area contributed by atoms with E-state index in [9.17, 15) is 9.59 Å². The molecule has 20 heavy (non-hydrogen) atoms. The SMILES string of the molecule is CCN(CC)C(=O)CNC(=O)c1ccc(Cl)cc1OC. The first kappa shape index (κ1) is 16.3. The molecule has 0 aromatic heterocycles. The van der Waals surface area contributed by atoms with Crippen LogP contribution in [0.5, 0.6) is 5.75 Å². The molecule has 0 heterocycles. The van der Waals surface area contributed by atoms with Gasteiger partial charge in [0.15, 0.2) is 0 Å². The van der Waals surface area contributed by atoms with Gasteiger partial charge in [-0.1, -0.05) is 11.6 Å². The van der Waals surface area contributed by atoms with Gasteiger partial charge in [0.25, 0.3) is 5.91 Å². The summed E-state index contributed by atoms with van der Waals surface area (Å²) in [4.78, 5) is 25.5. The number of carbonyl (C=O) groups is 2. The smallest absolute Gasteiger partial charge is 0.255 e. The first-order valence-corrected chi connectivity index (χ1v) is 6.80. The summed E-state index contributed by atoms with van der Waals surface area (Å²) in [5, 5.41) is 3.07. The molecule has 1 N–H and O–H groups in total. The van der Waals surface area contributed by atoms with Crippen LogP contribution in [0.2, 0.25) is 5.02 Å².